The van der Waals surface area contributed by atoms with Crippen molar-refractivity contribution in [3.8, 4) is 29.1 Å². The van der Waals surface area contributed by atoms with Crippen LogP contribution in [0.5, 0.6) is 17.2 Å². The van der Waals surface area contributed by atoms with Gasteiger partial charge in [-0.15, -0.1) is 0 Å². The molecule has 0 fully saturated rings. The molecule has 35 heavy (non-hydrogen) atoms. The van der Waals surface area contributed by atoms with Crippen LogP contribution in [-0.2, 0) is 9.59 Å². The summed E-state index contributed by atoms with van der Waals surface area (Å²) in [6, 6.07) is 3.48. The Bertz CT molecular complexity index is 942. The highest BCUT2D eigenvalue weighted by molar-refractivity contribution is 6.11. The Labute approximate surface area is 210 Å². The molecule has 0 aliphatic carbocycles. The fraction of sp³-hybridized carbons (Fsp3) is 0.517. The highest BCUT2D eigenvalue weighted by atomic mass is 16.5. The van der Waals surface area contributed by atoms with E-state index in [1.165, 1.54) is 77.3 Å². The lowest BCUT2D eigenvalue weighted by Crippen LogP contribution is -2.39. The Kier molecular flexibility index (Phi) is 12.5. The predicted molar refractivity (Wildman–Crippen MR) is 140 cm³/mol. The summed E-state index contributed by atoms with van der Waals surface area (Å²) in [6.45, 7) is 2.58. The lowest BCUT2D eigenvalue weighted by Gasteiger charge is -2.22. The number of hydrogen-bond donors (Lipinski definition) is 0. The van der Waals surface area contributed by atoms with E-state index in [1.807, 2.05) is 6.08 Å². The van der Waals surface area contributed by atoms with Crippen LogP contribution in [0.4, 0.5) is 0 Å². The summed E-state index contributed by atoms with van der Waals surface area (Å²) in [4.78, 5) is 26.8. The first kappa shape index (κ1) is 28.0. The highest BCUT2D eigenvalue weighted by Gasteiger charge is 2.25. The number of nitrogens with zero attached hydrogens (tertiary/aromatic N) is 1. The molecule has 1 heterocycles. The third kappa shape index (κ3) is 8.83. The molecule has 1 aliphatic rings. The molecular formula is C29H39NO5. The fourth-order valence-corrected chi connectivity index (χ4v) is 3.95. The van der Waals surface area contributed by atoms with E-state index < -0.39 is 0 Å². The predicted octanol–water partition coefficient (Wildman–Crippen LogP) is 5.95. The van der Waals surface area contributed by atoms with Gasteiger partial charge in [0.25, 0.3) is 11.8 Å². The van der Waals surface area contributed by atoms with Crippen molar-refractivity contribution < 1.29 is 23.8 Å². The van der Waals surface area contributed by atoms with E-state index >= 15 is 0 Å². The maximum absolute atomic E-state index is 12.8. The quantitative estimate of drug-likeness (QED) is 0.198. The van der Waals surface area contributed by atoms with Gasteiger partial charge in [0.1, 0.15) is 0 Å². The topological polar surface area (TPSA) is 65.1 Å². The zero-order chi connectivity index (χ0) is 25.5. The van der Waals surface area contributed by atoms with Crippen molar-refractivity contribution >= 4 is 17.9 Å². The third-order valence-corrected chi connectivity index (χ3v) is 5.93. The summed E-state index contributed by atoms with van der Waals surface area (Å²) >= 11 is 0. The van der Waals surface area contributed by atoms with E-state index in [0.29, 0.717) is 41.4 Å². The van der Waals surface area contributed by atoms with Gasteiger partial charge in [-0.1, -0.05) is 69.8 Å². The van der Waals surface area contributed by atoms with Crippen LogP contribution >= 0.6 is 0 Å². The number of ether oxygens (including phenoxy) is 3. The van der Waals surface area contributed by atoms with Crippen LogP contribution in [0.15, 0.2) is 29.9 Å². The summed E-state index contributed by atoms with van der Waals surface area (Å²) < 4.78 is 16.0. The fourth-order valence-electron chi connectivity index (χ4n) is 3.95. The minimum absolute atomic E-state index is 0.334. The number of carbonyl (C=O) groups is 2. The van der Waals surface area contributed by atoms with Gasteiger partial charge in [0.05, 0.1) is 26.9 Å². The molecule has 0 saturated carbocycles. The van der Waals surface area contributed by atoms with Crippen molar-refractivity contribution in [2.24, 2.45) is 0 Å². The van der Waals surface area contributed by atoms with Gasteiger partial charge in [0, 0.05) is 19.0 Å². The molecule has 0 saturated heterocycles. The van der Waals surface area contributed by atoms with E-state index in [1.54, 1.807) is 18.2 Å². The SMILES string of the molecule is CCCCCCCCCCC#CC1=CCCN(C(=O)C=Cc2cc(OC)c(OC)c(OC)c2)C1=O. The number of hydrogen-bond acceptors (Lipinski definition) is 5. The Morgan fingerprint density at radius 1 is 0.971 bits per heavy atom. The first-order valence-corrected chi connectivity index (χ1v) is 12.6. The molecule has 6 heteroatoms. The Hall–Kier alpha value is -3.20. The van der Waals surface area contributed by atoms with Gasteiger partial charge in [0.2, 0.25) is 5.75 Å². The number of amides is 2. The van der Waals surface area contributed by atoms with E-state index in [-0.39, 0.29) is 11.8 Å². The summed E-state index contributed by atoms with van der Waals surface area (Å²) in [6.07, 6.45) is 16.2. The second-order valence-corrected chi connectivity index (χ2v) is 8.52. The molecule has 1 aromatic carbocycles. The maximum atomic E-state index is 12.8. The zero-order valence-electron chi connectivity index (χ0n) is 21.7. The van der Waals surface area contributed by atoms with Crippen molar-refractivity contribution in [2.75, 3.05) is 27.9 Å². The summed E-state index contributed by atoms with van der Waals surface area (Å²) in [5.74, 6) is 6.85. The minimum atomic E-state index is -0.376. The Balaban J connectivity index is 1.90. The van der Waals surface area contributed by atoms with Crippen molar-refractivity contribution in [1.82, 2.24) is 4.90 Å². The molecule has 2 amide bonds. The Morgan fingerprint density at radius 2 is 1.60 bits per heavy atom. The zero-order valence-corrected chi connectivity index (χ0v) is 21.7. The standard InChI is InChI=1S/C29H39NO5/c1-5-6-7-8-9-10-11-12-13-14-16-24-17-15-20-30(29(24)32)27(31)19-18-23-21-25(33-2)28(35-4)26(22-23)34-3/h17-19,21-22H,5-13,15,20H2,1-4H3. The molecule has 0 atom stereocenters. The van der Waals surface area contributed by atoms with Gasteiger partial charge in [-0.05, 0) is 36.6 Å². The molecule has 0 radical (unpaired) electrons. The number of rotatable bonds is 13. The number of unbranched alkanes of at least 4 members (excludes halogenated alkanes) is 8. The van der Waals surface area contributed by atoms with Crippen LogP contribution in [0.1, 0.15) is 76.7 Å². The van der Waals surface area contributed by atoms with Gasteiger partial charge in [0.15, 0.2) is 11.5 Å². The number of benzene rings is 1. The van der Waals surface area contributed by atoms with Crippen LogP contribution in [0.3, 0.4) is 0 Å². The molecule has 0 N–H and O–H groups in total. The third-order valence-electron chi connectivity index (χ3n) is 5.93. The van der Waals surface area contributed by atoms with Crippen molar-refractivity contribution in [1.29, 1.82) is 0 Å². The number of carbonyl (C=O) groups excluding carboxylic acids is 2. The summed E-state index contributed by atoms with van der Waals surface area (Å²) in [5, 5.41) is 0. The molecule has 0 spiro atoms. The molecule has 0 unspecified atom stereocenters. The smallest absolute Gasteiger partial charge is 0.268 e. The maximum Gasteiger partial charge on any atom is 0.268 e. The first-order chi connectivity index (χ1) is 17.0. The van der Waals surface area contributed by atoms with E-state index in [2.05, 4.69) is 18.8 Å². The normalized spacial score (nSPS) is 13.3. The second-order valence-electron chi connectivity index (χ2n) is 8.52. The number of imide groups is 1. The van der Waals surface area contributed by atoms with E-state index in [0.717, 1.165) is 12.8 Å². The summed E-state index contributed by atoms with van der Waals surface area (Å²) in [7, 11) is 4.60. The van der Waals surface area contributed by atoms with Gasteiger partial charge in [-0.3, -0.25) is 14.5 Å². The van der Waals surface area contributed by atoms with Gasteiger partial charge < -0.3 is 14.2 Å². The Morgan fingerprint density at radius 3 is 2.20 bits per heavy atom. The molecule has 0 aromatic heterocycles. The van der Waals surface area contributed by atoms with Crippen LogP contribution in [0.2, 0.25) is 0 Å². The molecule has 0 bridgehead atoms. The van der Waals surface area contributed by atoms with Crippen molar-refractivity contribution in [3.05, 3.63) is 35.4 Å². The van der Waals surface area contributed by atoms with Gasteiger partial charge in [-0.25, -0.2) is 0 Å². The van der Waals surface area contributed by atoms with Gasteiger partial charge in [-0.2, -0.15) is 0 Å². The van der Waals surface area contributed by atoms with E-state index in [4.69, 9.17) is 14.2 Å². The molecule has 1 aliphatic heterocycles. The van der Waals surface area contributed by atoms with Crippen molar-refractivity contribution in [2.45, 2.75) is 71.1 Å². The van der Waals surface area contributed by atoms with Crippen LogP contribution in [-0.4, -0.2) is 44.6 Å². The highest BCUT2D eigenvalue weighted by Crippen LogP contribution is 2.38. The number of methoxy groups -OCH3 is 3. The van der Waals surface area contributed by atoms with Crippen molar-refractivity contribution in [3.63, 3.8) is 0 Å². The van der Waals surface area contributed by atoms with Gasteiger partial charge >= 0.3 is 0 Å². The monoisotopic (exact) mass is 481 g/mol. The average molecular weight is 482 g/mol. The molecule has 6 nitrogen and oxygen atoms in total. The largest absolute Gasteiger partial charge is 0.493 e. The second kappa shape index (κ2) is 15.7. The van der Waals surface area contributed by atoms with Crippen LogP contribution in [0, 0.1) is 11.8 Å². The van der Waals surface area contributed by atoms with Crippen LogP contribution < -0.4 is 14.2 Å². The lowest BCUT2D eigenvalue weighted by molar-refractivity contribution is -0.139. The molecular weight excluding hydrogens is 442 g/mol. The van der Waals surface area contributed by atoms with Crippen LogP contribution in [0.25, 0.3) is 6.08 Å². The summed E-state index contributed by atoms with van der Waals surface area (Å²) in [5.41, 5.74) is 1.10. The minimum Gasteiger partial charge on any atom is -0.493 e. The average Bonchev–Trinajstić information content (AvgIpc) is 2.88. The molecule has 190 valence electrons. The molecule has 2 rings (SSSR count). The lowest BCUT2D eigenvalue weighted by atomic mass is 10.1. The van der Waals surface area contributed by atoms with E-state index in [9.17, 15) is 9.59 Å². The first-order valence-electron chi connectivity index (χ1n) is 12.6. The molecule has 1 aromatic rings.